The van der Waals surface area contributed by atoms with Crippen LogP contribution in [0.4, 0.5) is 10.1 Å². The van der Waals surface area contributed by atoms with Crippen molar-refractivity contribution in [2.24, 2.45) is 0 Å². The molecular formula is C17H18FNO2. The van der Waals surface area contributed by atoms with Gasteiger partial charge in [0.1, 0.15) is 5.82 Å². The molecule has 0 aliphatic carbocycles. The zero-order chi connectivity index (χ0) is 15.4. The van der Waals surface area contributed by atoms with Gasteiger partial charge in [-0.15, -0.1) is 0 Å². The van der Waals surface area contributed by atoms with E-state index in [0.29, 0.717) is 11.1 Å². The number of carbonyl (C=O) groups excluding carboxylic acids is 1. The molecule has 21 heavy (non-hydrogen) atoms. The average molecular weight is 287 g/mol. The van der Waals surface area contributed by atoms with Gasteiger partial charge in [-0.05, 0) is 48.7 Å². The zero-order valence-corrected chi connectivity index (χ0v) is 12.3. The van der Waals surface area contributed by atoms with Gasteiger partial charge in [0.05, 0.1) is 7.11 Å². The summed E-state index contributed by atoms with van der Waals surface area (Å²) in [7, 11) is 1.34. The normalized spacial score (nSPS) is 11.8. The number of benzene rings is 2. The van der Waals surface area contributed by atoms with Crippen LogP contribution < -0.4 is 5.32 Å². The minimum absolute atomic E-state index is 0.323. The molecule has 0 radical (unpaired) electrons. The molecule has 0 saturated carbocycles. The highest BCUT2D eigenvalue weighted by Crippen LogP contribution is 2.26. The van der Waals surface area contributed by atoms with Crippen molar-refractivity contribution < 1.29 is 13.9 Å². The smallest absolute Gasteiger partial charge is 0.332 e. The predicted molar refractivity (Wildman–Crippen MR) is 80.7 cm³/mol. The first-order valence-electron chi connectivity index (χ1n) is 6.69. The molecule has 3 nitrogen and oxygen atoms in total. The molecule has 0 bridgehead atoms. The standard InChI is InChI=1S/C17H18FNO2/c1-11-6-4-5-7-15(11)19-16(17(20)21-3)14-9-8-13(18)10-12(14)2/h4-10,16,19H,1-3H3. The van der Waals surface area contributed by atoms with Crippen LogP contribution in [-0.4, -0.2) is 13.1 Å². The second-order valence-electron chi connectivity index (χ2n) is 4.92. The lowest BCUT2D eigenvalue weighted by Gasteiger charge is -2.21. The molecule has 4 heteroatoms. The fraction of sp³-hybridized carbons (Fsp3) is 0.235. The molecule has 0 aromatic heterocycles. The summed E-state index contributed by atoms with van der Waals surface area (Å²) in [5.74, 6) is -0.733. The van der Waals surface area contributed by atoms with Crippen molar-refractivity contribution in [2.45, 2.75) is 19.9 Å². The first-order chi connectivity index (χ1) is 10.0. The molecule has 1 unspecified atom stereocenters. The van der Waals surface area contributed by atoms with E-state index in [0.717, 1.165) is 11.3 Å². The number of halogens is 1. The van der Waals surface area contributed by atoms with E-state index in [-0.39, 0.29) is 5.82 Å². The number of nitrogens with one attached hydrogen (secondary N) is 1. The van der Waals surface area contributed by atoms with Crippen LogP contribution in [0.15, 0.2) is 42.5 Å². The molecular weight excluding hydrogens is 269 g/mol. The van der Waals surface area contributed by atoms with Crippen molar-refractivity contribution in [3.63, 3.8) is 0 Å². The molecule has 0 spiro atoms. The Bertz CT molecular complexity index is 655. The summed E-state index contributed by atoms with van der Waals surface area (Å²) in [6, 6.07) is 11.4. The van der Waals surface area contributed by atoms with Crippen molar-refractivity contribution >= 4 is 11.7 Å². The Hall–Kier alpha value is -2.36. The summed E-state index contributed by atoms with van der Waals surface area (Å²) in [6.07, 6.45) is 0. The van der Waals surface area contributed by atoms with Gasteiger partial charge in [-0.1, -0.05) is 24.3 Å². The monoisotopic (exact) mass is 287 g/mol. The van der Waals surface area contributed by atoms with Crippen LogP contribution >= 0.6 is 0 Å². The van der Waals surface area contributed by atoms with Crippen molar-refractivity contribution in [3.8, 4) is 0 Å². The number of methoxy groups -OCH3 is 1. The number of para-hydroxylation sites is 1. The van der Waals surface area contributed by atoms with E-state index in [1.165, 1.54) is 19.2 Å². The molecule has 0 aliphatic heterocycles. The Labute approximate surface area is 123 Å². The van der Waals surface area contributed by atoms with Gasteiger partial charge in [0.25, 0.3) is 0 Å². The third kappa shape index (κ3) is 3.40. The lowest BCUT2D eigenvalue weighted by Crippen LogP contribution is -2.23. The second-order valence-corrected chi connectivity index (χ2v) is 4.92. The molecule has 0 saturated heterocycles. The highest BCUT2D eigenvalue weighted by Gasteiger charge is 2.23. The maximum atomic E-state index is 13.2. The second kappa shape index (κ2) is 6.39. The summed E-state index contributed by atoms with van der Waals surface area (Å²) >= 11 is 0. The Morgan fingerprint density at radius 1 is 1.14 bits per heavy atom. The average Bonchev–Trinajstić information content (AvgIpc) is 2.46. The summed E-state index contributed by atoms with van der Waals surface area (Å²) in [6.45, 7) is 3.72. The first kappa shape index (κ1) is 15.0. The summed E-state index contributed by atoms with van der Waals surface area (Å²) in [5.41, 5.74) is 3.26. The Balaban J connectivity index is 2.40. The van der Waals surface area contributed by atoms with E-state index < -0.39 is 12.0 Å². The maximum Gasteiger partial charge on any atom is 0.332 e. The molecule has 0 aliphatic rings. The molecule has 1 N–H and O–H groups in total. The lowest BCUT2D eigenvalue weighted by atomic mass is 10.0. The van der Waals surface area contributed by atoms with Crippen molar-refractivity contribution in [1.82, 2.24) is 0 Å². The third-order valence-electron chi connectivity index (χ3n) is 3.42. The van der Waals surface area contributed by atoms with Gasteiger partial charge in [-0.2, -0.15) is 0 Å². The van der Waals surface area contributed by atoms with Gasteiger partial charge in [0.2, 0.25) is 0 Å². The van der Waals surface area contributed by atoms with Gasteiger partial charge >= 0.3 is 5.97 Å². The minimum Gasteiger partial charge on any atom is -0.467 e. The van der Waals surface area contributed by atoms with E-state index in [1.54, 1.807) is 13.0 Å². The fourth-order valence-electron chi connectivity index (χ4n) is 2.23. The molecule has 2 aromatic rings. The van der Waals surface area contributed by atoms with Crippen LogP contribution in [0.3, 0.4) is 0 Å². The van der Waals surface area contributed by atoms with Crippen LogP contribution in [0.25, 0.3) is 0 Å². The molecule has 1 atom stereocenters. The molecule has 2 aromatic carbocycles. The van der Waals surface area contributed by atoms with E-state index in [1.807, 2.05) is 31.2 Å². The summed E-state index contributed by atoms with van der Waals surface area (Å²) in [4.78, 5) is 12.1. The van der Waals surface area contributed by atoms with Gasteiger partial charge < -0.3 is 10.1 Å². The van der Waals surface area contributed by atoms with E-state index in [9.17, 15) is 9.18 Å². The SMILES string of the molecule is COC(=O)C(Nc1ccccc1C)c1ccc(F)cc1C. The molecule has 0 heterocycles. The Morgan fingerprint density at radius 2 is 1.86 bits per heavy atom. The number of carbonyl (C=O) groups is 1. The van der Waals surface area contributed by atoms with Gasteiger partial charge in [-0.25, -0.2) is 9.18 Å². The van der Waals surface area contributed by atoms with Crippen molar-refractivity contribution in [2.75, 3.05) is 12.4 Å². The molecule has 2 rings (SSSR count). The van der Waals surface area contributed by atoms with Crippen LogP contribution in [0.2, 0.25) is 0 Å². The minimum atomic E-state index is -0.670. The Morgan fingerprint density at radius 3 is 2.48 bits per heavy atom. The van der Waals surface area contributed by atoms with Gasteiger partial charge in [0.15, 0.2) is 6.04 Å². The number of aryl methyl sites for hydroxylation is 2. The summed E-state index contributed by atoms with van der Waals surface area (Å²) in [5, 5.41) is 3.18. The third-order valence-corrected chi connectivity index (χ3v) is 3.42. The van der Waals surface area contributed by atoms with Crippen molar-refractivity contribution in [3.05, 3.63) is 65.0 Å². The summed E-state index contributed by atoms with van der Waals surface area (Å²) < 4.78 is 18.1. The first-order valence-corrected chi connectivity index (χ1v) is 6.69. The fourth-order valence-corrected chi connectivity index (χ4v) is 2.23. The van der Waals surface area contributed by atoms with E-state index >= 15 is 0 Å². The topological polar surface area (TPSA) is 38.3 Å². The number of ether oxygens (including phenoxy) is 1. The predicted octanol–water partition coefficient (Wildman–Crippen LogP) is 3.77. The van der Waals surface area contributed by atoms with Crippen LogP contribution in [0, 0.1) is 19.7 Å². The number of anilines is 1. The highest BCUT2D eigenvalue weighted by atomic mass is 19.1. The Kier molecular flexibility index (Phi) is 4.58. The van der Waals surface area contributed by atoms with E-state index in [4.69, 9.17) is 4.74 Å². The van der Waals surface area contributed by atoms with Gasteiger partial charge in [0, 0.05) is 5.69 Å². The quantitative estimate of drug-likeness (QED) is 0.870. The van der Waals surface area contributed by atoms with Crippen LogP contribution in [0.1, 0.15) is 22.7 Å². The lowest BCUT2D eigenvalue weighted by molar-refractivity contribution is -0.141. The van der Waals surface area contributed by atoms with Crippen LogP contribution in [-0.2, 0) is 9.53 Å². The zero-order valence-electron chi connectivity index (χ0n) is 12.3. The van der Waals surface area contributed by atoms with Crippen LogP contribution in [0.5, 0.6) is 0 Å². The molecule has 0 fully saturated rings. The van der Waals surface area contributed by atoms with Gasteiger partial charge in [-0.3, -0.25) is 0 Å². The number of rotatable bonds is 4. The number of hydrogen-bond acceptors (Lipinski definition) is 3. The molecule has 110 valence electrons. The van der Waals surface area contributed by atoms with Crippen molar-refractivity contribution in [1.29, 1.82) is 0 Å². The number of esters is 1. The number of hydrogen-bond donors (Lipinski definition) is 1. The largest absolute Gasteiger partial charge is 0.467 e. The highest BCUT2D eigenvalue weighted by molar-refractivity contribution is 5.81. The maximum absolute atomic E-state index is 13.2. The van der Waals surface area contributed by atoms with E-state index in [2.05, 4.69) is 5.32 Å². The molecule has 0 amide bonds.